The third-order valence-corrected chi connectivity index (χ3v) is 1.87. The zero-order valence-electron chi connectivity index (χ0n) is 8.64. The van der Waals surface area contributed by atoms with Crippen molar-refractivity contribution in [3.8, 4) is 17.2 Å². The first-order chi connectivity index (χ1) is 7.13. The van der Waals surface area contributed by atoms with Gasteiger partial charge in [0, 0.05) is 6.07 Å². The van der Waals surface area contributed by atoms with Crippen LogP contribution in [-0.4, -0.2) is 26.3 Å². The highest BCUT2D eigenvalue weighted by Gasteiger charge is 2.21. The Morgan fingerprint density at radius 1 is 1.13 bits per heavy atom. The highest BCUT2D eigenvalue weighted by Crippen LogP contribution is 2.40. The van der Waals surface area contributed by atoms with Crippen LogP contribution in [0.4, 0.5) is 5.69 Å². The lowest BCUT2D eigenvalue weighted by molar-refractivity contribution is -0.385. The predicted octanol–water partition coefficient (Wildman–Crippen LogP) is 1.62. The first kappa shape index (κ1) is 11.1. The molecule has 0 saturated carbocycles. The van der Waals surface area contributed by atoms with E-state index in [1.165, 1.54) is 33.5 Å². The number of ether oxygens (including phenoxy) is 3. The smallest absolute Gasteiger partial charge is 0.318 e. The number of hydrogen-bond donors (Lipinski definition) is 0. The van der Waals surface area contributed by atoms with Crippen LogP contribution in [0, 0.1) is 10.1 Å². The van der Waals surface area contributed by atoms with Gasteiger partial charge in [-0.15, -0.1) is 0 Å². The largest absolute Gasteiger partial charge is 0.496 e. The molecular weight excluding hydrogens is 202 g/mol. The van der Waals surface area contributed by atoms with Gasteiger partial charge in [-0.05, 0) is 0 Å². The summed E-state index contributed by atoms with van der Waals surface area (Å²) < 4.78 is 14.8. The highest BCUT2D eigenvalue weighted by molar-refractivity contribution is 5.59. The van der Waals surface area contributed by atoms with Crippen molar-refractivity contribution in [3.05, 3.63) is 22.2 Å². The molecule has 0 aliphatic rings. The number of methoxy groups -OCH3 is 3. The van der Waals surface area contributed by atoms with Gasteiger partial charge in [-0.1, -0.05) is 0 Å². The molecule has 0 aromatic heterocycles. The molecule has 0 radical (unpaired) electrons. The Hall–Kier alpha value is -1.98. The van der Waals surface area contributed by atoms with Crippen molar-refractivity contribution < 1.29 is 19.1 Å². The lowest BCUT2D eigenvalue weighted by atomic mass is 10.2. The Balaban J connectivity index is 3.39. The Morgan fingerprint density at radius 3 is 2.20 bits per heavy atom. The molecule has 0 aliphatic carbocycles. The molecule has 0 unspecified atom stereocenters. The van der Waals surface area contributed by atoms with Crippen LogP contribution >= 0.6 is 0 Å². The first-order valence-electron chi connectivity index (χ1n) is 4.08. The van der Waals surface area contributed by atoms with Gasteiger partial charge in [-0.2, -0.15) is 0 Å². The lowest BCUT2D eigenvalue weighted by Crippen LogP contribution is -1.98. The fraction of sp³-hybridized carbons (Fsp3) is 0.333. The zero-order valence-corrected chi connectivity index (χ0v) is 8.64. The Morgan fingerprint density at radius 2 is 1.80 bits per heavy atom. The minimum atomic E-state index is -0.552. The summed E-state index contributed by atoms with van der Waals surface area (Å²) in [7, 11) is 4.17. The minimum Gasteiger partial charge on any atom is -0.496 e. The van der Waals surface area contributed by atoms with E-state index in [9.17, 15) is 10.1 Å². The molecule has 0 saturated heterocycles. The lowest BCUT2D eigenvalue weighted by Gasteiger charge is -2.09. The number of rotatable bonds is 4. The molecule has 1 aromatic rings. The SMILES string of the molecule is COc1cc(OC)c(OC)c([N+](=O)[O-])c1. The van der Waals surface area contributed by atoms with Crippen molar-refractivity contribution in [1.29, 1.82) is 0 Å². The number of nitro groups is 1. The second kappa shape index (κ2) is 4.50. The zero-order chi connectivity index (χ0) is 11.4. The molecule has 0 aliphatic heterocycles. The van der Waals surface area contributed by atoms with Gasteiger partial charge in [0.15, 0.2) is 5.75 Å². The minimum absolute atomic E-state index is 0.0864. The number of hydrogen-bond acceptors (Lipinski definition) is 5. The number of nitrogens with zero attached hydrogens (tertiary/aromatic N) is 1. The van der Waals surface area contributed by atoms with Crippen LogP contribution in [0.1, 0.15) is 0 Å². The summed E-state index contributed by atoms with van der Waals surface area (Å²) in [5.74, 6) is 0.700. The Kier molecular flexibility index (Phi) is 3.33. The van der Waals surface area contributed by atoms with E-state index in [2.05, 4.69) is 0 Å². The van der Waals surface area contributed by atoms with Gasteiger partial charge in [-0.3, -0.25) is 10.1 Å². The van der Waals surface area contributed by atoms with Crippen LogP contribution < -0.4 is 14.2 Å². The summed E-state index contributed by atoms with van der Waals surface area (Å²) in [5, 5.41) is 10.7. The average molecular weight is 213 g/mol. The second-order valence-electron chi connectivity index (χ2n) is 2.64. The first-order valence-corrected chi connectivity index (χ1v) is 4.08. The maximum Gasteiger partial charge on any atom is 0.318 e. The molecule has 0 amide bonds. The van der Waals surface area contributed by atoms with Crippen LogP contribution in [0.2, 0.25) is 0 Å². The van der Waals surface area contributed by atoms with E-state index >= 15 is 0 Å². The third-order valence-electron chi connectivity index (χ3n) is 1.87. The molecular formula is C9H11NO5. The maximum absolute atomic E-state index is 10.7. The van der Waals surface area contributed by atoms with E-state index in [0.29, 0.717) is 5.75 Å². The van der Waals surface area contributed by atoms with Crippen LogP contribution in [0.3, 0.4) is 0 Å². The van der Waals surface area contributed by atoms with E-state index in [4.69, 9.17) is 14.2 Å². The Labute approximate surface area is 86.5 Å². The van der Waals surface area contributed by atoms with Crippen molar-refractivity contribution >= 4 is 5.69 Å². The molecule has 82 valence electrons. The van der Waals surface area contributed by atoms with Crippen LogP contribution in [0.5, 0.6) is 17.2 Å². The van der Waals surface area contributed by atoms with Gasteiger partial charge >= 0.3 is 5.69 Å². The van der Waals surface area contributed by atoms with Gasteiger partial charge in [0.05, 0.1) is 32.3 Å². The standard InChI is InChI=1S/C9H11NO5/c1-13-6-4-7(10(11)12)9(15-3)8(5-6)14-2/h4-5H,1-3H3. The fourth-order valence-corrected chi connectivity index (χ4v) is 1.17. The average Bonchev–Trinajstić information content (AvgIpc) is 2.26. The number of nitro benzene ring substituents is 1. The molecule has 15 heavy (non-hydrogen) atoms. The van der Waals surface area contributed by atoms with Gasteiger partial charge in [-0.25, -0.2) is 0 Å². The molecule has 1 aromatic carbocycles. The summed E-state index contributed by atoms with van der Waals surface area (Å²) in [5.41, 5.74) is -0.186. The van der Waals surface area contributed by atoms with Crippen LogP contribution in [-0.2, 0) is 0 Å². The van der Waals surface area contributed by atoms with Crippen molar-refractivity contribution in [2.75, 3.05) is 21.3 Å². The van der Waals surface area contributed by atoms with Crippen LogP contribution in [0.25, 0.3) is 0 Å². The second-order valence-corrected chi connectivity index (χ2v) is 2.64. The summed E-state index contributed by atoms with van der Waals surface area (Å²) in [6.45, 7) is 0. The van der Waals surface area contributed by atoms with Crippen molar-refractivity contribution in [1.82, 2.24) is 0 Å². The topological polar surface area (TPSA) is 70.8 Å². The normalized spacial score (nSPS) is 9.53. The maximum atomic E-state index is 10.7. The van der Waals surface area contributed by atoms with Crippen LogP contribution in [0.15, 0.2) is 12.1 Å². The van der Waals surface area contributed by atoms with E-state index in [0.717, 1.165) is 0 Å². The van der Waals surface area contributed by atoms with E-state index in [1.807, 2.05) is 0 Å². The quantitative estimate of drug-likeness (QED) is 0.561. The molecule has 0 atom stereocenters. The summed E-state index contributed by atoms with van der Waals surface area (Å²) in [6, 6.07) is 2.80. The molecule has 0 spiro atoms. The highest BCUT2D eigenvalue weighted by atomic mass is 16.6. The Bertz CT molecular complexity index is 377. The van der Waals surface area contributed by atoms with Gasteiger partial charge in [0.1, 0.15) is 5.75 Å². The van der Waals surface area contributed by atoms with E-state index in [-0.39, 0.29) is 17.2 Å². The van der Waals surface area contributed by atoms with E-state index < -0.39 is 4.92 Å². The third kappa shape index (κ3) is 2.09. The fourth-order valence-electron chi connectivity index (χ4n) is 1.17. The monoisotopic (exact) mass is 213 g/mol. The molecule has 0 heterocycles. The molecule has 6 heteroatoms. The van der Waals surface area contributed by atoms with Crippen molar-refractivity contribution in [3.63, 3.8) is 0 Å². The molecule has 1 rings (SSSR count). The molecule has 0 N–H and O–H groups in total. The molecule has 0 bridgehead atoms. The van der Waals surface area contributed by atoms with Gasteiger partial charge in [0.25, 0.3) is 0 Å². The number of benzene rings is 1. The van der Waals surface area contributed by atoms with E-state index in [1.54, 1.807) is 0 Å². The van der Waals surface area contributed by atoms with Gasteiger partial charge in [0.2, 0.25) is 5.75 Å². The predicted molar refractivity (Wildman–Crippen MR) is 52.8 cm³/mol. The van der Waals surface area contributed by atoms with Crippen molar-refractivity contribution in [2.45, 2.75) is 0 Å². The summed E-state index contributed by atoms with van der Waals surface area (Å²) >= 11 is 0. The summed E-state index contributed by atoms with van der Waals surface area (Å²) in [4.78, 5) is 10.2. The molecule has 6 nitrogen and oxygen atoms in total. The van der Waals surface area contributed by atoms with Crippen molar-refractivity contribution in [2.24, 2.45) is 0 Å². The molecule has 0 fully saturated rings. The van der Waals surface area contributed by atoms with Gasteiger partial charge < -0.3 is 14.2 Å². The summed E-state index contributed by atoms with van der Waals surface area (Å²) in [6.07, 6.45) is 0.